The van der Waals surface area contributed by atoms with Crippen molar-refractivity contribution in [3.05, 3.63) is 35.2 Å². The van der Waals surface area contributed by atoms with E-state index in [0.717, 1.165) is 12.3 Å². The highest BCUT2D eigenvalue weighted by atomic mass is 19.4. The second kappa shape index (κ2) is 5.51. The molecule has 0 saturated heterocycles. The van der Waals surface area contributed by atoms with Gasteiger partial charge in [0.05, 0.1) is 0 Å². The van der Waals surface area contributed by atoms with Gasteiger partial charge in [-0.25, -0.2) is 9.97 Å². The second-order valence-electron chi connectivity index (χ2n) is 4.13. The molecule has 0 aliphatic heterocycles. The van der Waals surface area contributed by atoms with Gasteiger partial charge >= 0.3 is 6.18 Å². The zero-order valence-corrected chi connectivity index (χ0v) is 11.2. The van der Waals surface area contributed by atoms with Crippen molar-refractivity contribution in [1.29, 1.82) is 0 Å². The quantitative estimate of drug-likeness (QED) is 0.942. The topological polar surface area (TPSA) is 80.9 Å². The van der Waals surface area contributed by atoms with Gasteiger partial charge in [-0.3, -0.25) is 4.79 Å². The minimum Gasteiger partial charge on any atom is -0.359 e. The predicted octanol–water partition coefficient (Wildman–Crippen LogP) is 2.61. The van der Waals surface area contributed by atoms with Gasteiger partial charge in [0.15, 0.2) is 5.76 Å². The highest BCUT2D eigenvalue weighted by molar-refractivity contribution is 6.03. The first-order valence-electron chi connectivity index (χ1n) is 5.99. The Morgan fingerprint density at radius 1 is 1.43 bits per heavy atom. The largest absolute Gasteiger partial charge is 0.451 e. The fraction of sp³-hybridized carbons (Fsp3) is 0.333. The molecule has 6 nitrogen and oxygen atoms in total. The first kappa shape index (κ1) is 14.9. The molecule has 0 saturated carbocycles. The van der Waals surface area contributed by atoms with Crippen molar-refractivity contribution < 1.29 is 22.5 Å². The smallest absolute Gasteiger partial charge is 0.359 e. The maximum absolute atomic E-state index is 12.5. The van der Waals surface area contributed by atoms with Gasteiger partial charge in [-0.15, -0.1) is 0 Å². The zero-order chi connectivity index (χ0) is 15.6. The molecular formula is C12H11F3N4O2. The third-order valence-electron chi connectivity index (χ3n) is 2.65. The molecule has 9 heteroatoms. The number of anilines is 1. The van der Waals surface area contributed by atoms with E-state index in [1.165, 1.54) is 0 Å². The van der Waals surface area contributed by atoms with E-state index in [-0.39, 0.29) is 5.69 Å². The fourth-order valence-corrected chi connectivity index (χ4v) is 1.62. The van der Waals surface area contributed by atoms with Crippen LogP contribution < -0.4 is 5.32 Å². The first-order chi connectivity index (χ1) is 9.82. The lowest BCUT2D eigenvalue weighted by atomic mass is 10.2. The average molecular weight is 300 g/mol. The number of hydrogen-bond acceptors (Lipinski definition) is 5. The van der Waals surface area contributed by atoms with Crippen LogP contribution in [0, 0.1) is 6.92 Å². The second-order valence-corrected chi connectivity index (χ2v) is 4.13. The SMILES string of the molecule is CCc1noc(C)c1NC(=O)c1ccnc(C(F)(F)F)n1. The summed E-state index contributed by atoms with van der Waals surface area (Å²) in [6.07, 6.45) is -3.32. The molecule has 2 aromatic heterocycles. The average Bonchev–Trinajstić information content (AvgIpc) is 2.79. The summed E-state index contributed by atoms with van der Waals surface area (Å²) >= 11 is 0. The molecule has 0 aliphatic carbocycles. The molecule has 2 aromatic rings. The Labute approximate surface area is 117 Å². The van der Waals surface area contributed by atoms with E-state index >= 15 is 0 Å². The van der Waals surface area contributed by atoms with Crippen molar-refractivity contribution >= 4 is 11.6 Å². The van der Waals surface area contributed by atoms with Gasteiger partial charge in [-0.1, -0.05) is 12.1 Å². The van der Waals surface area contributed by atoms with Crippen molar-refractivity contribution in [2.24, 2.45) is 0 Å². The van der Waals surface area contributed by atoms with Gasteiger partial charge in [-0.2, -0.15) is 13.2 Å². The monoisotopic (exact) mass is 300 g/mol. The van der Waals surface area contributed by atoms with E-state index in [1.54, 1.807) is 13.8 Å². The molecule has 1 N–H and O–H groups in total. The Morgan fingerprint density at radius 2 is 2.14 bits per heavy atom. The Bertz CT molecular complexity index is 667. The van der Waals surface area contributed by atoms with Gasteiger partial charge < -0.3 is 9.84 Å². The summed E-state index contributed by atoms with van der Waals surface area (Å²) in [6.45, 7) is 3.39. The summed E-state index contributed by atoms with van der Waals surface area (Å²) in [4.78, 5) is 18.3. The van der Waals surface area contributed by atoms with Gasteiger partial charge in [-0.05, 0) is 19.4 Å². The van der Waals surface area contributed by atoms with Crippen LogP contribution in [0.1, 0.15) is 34.7 Å². The standard InChI is InChI=1S/C12H11F3N4O2/c1-3-7-9(6(2)21-19-7)18-10(20)8-4-5-16-11(17-8)12(13,14)15/h4-5H,3H2,1-2H3,(H,18,20). The maximum Gasteiger partial charge on any atom is 0.451 e. The Balaban J connectivity index is 2.27. The molecule has 0 fully saturated rings. The van der Waals surface area contributed by atoms with Crippen LogP contribution in [0.5, 0.6) is 0 Å². The number of rotatable bonds is 3. The Morgan fingerprint density at radius 3 is 2.76 bits per heavy atom. The molecule has 0 aliphatic rings. The molecule has 0 unspecified atom stereocenters. The van der Waals surface area contributed by atoms with Crippen molar-refractivity contribution in [2.75, 3.05) is 5.32 Å². The number of aryl methyl sites for hydroxylation is 2. The van der Waals surface area contributed by atoms with Crippen molar-refractivity contribution in [3.8, 4) is 0 Å². The van der Waals surface area contributed by atoms with E-state index in [2.05, 4.69) is 20.4 Å². The van der Waals surface area contributed by atoms with Crippen LogP contribution >= 0.6 is 0 Å². The molecule has 0 spiro atoms. The number of hydrogen-bond donors (Lipinski definition) is 1. The molecule has 21 heavy (non-hydrogen) atoms. The van der Waals surface area contributed by atoms with E-state index in [1.807, 2.05) is 0 Å². The van der Waals surface area contributed by atoms with Gasteiger partial charge in [0, 0.05) is 6.20 Å². The summed E-state index contributed by atoms with van der Waals surface area (Å²) in [7, 11) is 0. The van der Waals surface area contributed by atoms with Crippen LogP contribution in [0.25, 0.3) is 0 Å². The number of carbonyl (C=O) groups is 1. The Kier molecular flexibility index (Phi) is 3.92. The number of alkyl halides is 3. The van der Waals surface area contributed by atoms with Crippen molar-refractivity contribution in [2.45, 2.75) is 26.4 Å². The van der Waals surface area contributed by atoms with Crippen molar-refractivity contribution in [1.82, 2.24) is 15.1 Å². The van der Waals surface area contributed by atoms with Crippen LogP contribution in [-0.4, -0.2) is 21.0 Å². The van der Waals surface area contributed by atoms with Gasteiger partial charge in [0.2, 0.25) is 5.82 Å². The molecule has 0 radical (unpaired) electrons. The number of amides is 1. The molecule has 2 rings (SSSR count). The zero-order valence-electron chi connectivity index (χ0n) is 11.2. The lowest BCUT2D eigenvalue weighted by Gasteiger charge is -2.07. The number of nitrogens with one attached hydrogen (secondary N) is 1. The molecule has 1 amide bonds. The first-order valence-corrected chi connectivity index (χ1v) is 5.99. The number of aromatic nitrogens is 3. The minimum atomic E-state index is -4.71. The highest BCUT2D eigenvalue weighted by Crippen LogP contribution is 2.26. The van der Waals surface area contributed by atoms with Crippen LogP contribution in [0.15, 0.2) is 16.8 Å². The van der Waals surface area contributed by atoms with Crippen LogP contribution in [0.2, 0.25) is 0 Å². The van der Waals surface area contributed by atoms with E-state index in [9.17, 15) is 18.0 Å². The van der Waals surface area contributed by atoms with E-state index in [0.29, 0.717) is 23.6 Å². The van der Waals surface area contributed by atoms with E-state index in [4.69, 9.17) is 4.52 Å². The number of nitrogens with zero attached hydrogens (tertiary/aromatic N) is 3. The highest BCUT2D eigenvalue weighted by Gasteiger charge is 2.35. The molecule has 0 bridgehead atoms. The number of halogens is 3. The summed E-state index contributed by atoms with van der Waals surface area (Å²) < 4.78 is 42.5. The fourth-order valence-electron chi connectivity index (χ4n) is 1.62. The lowest BCUT2D eigenvalue weighted by molar-refractivity contribution is -0.145. The Hall–Kier alpha value is -2.45. The summed E-state index contributed by atoms with van der Waals surface area (Å²) in [5.74, 6) is -1.79. The van der Waals surface area contributed by atoms with Crippen LogP contribution in [-0.2, 0) is 12.6 Å². The van der Waals surface area contributed by atoms with Crippen LogP contribution in [0.4, 0.5) is 18.9 Å². The molecule has 0 aromatic carbocycles. The lowest BCUT2D eigenvalue weighted by Crippen LogP contribution is -2.19. The minimum absolute atomic E-state index is 0.342. The third-order valence-corrected chi connectivity index (χ3v) is 2.65. The molecule has 0 atom stereocenters. The van der Waals surface area contributed by atoms with Crippen LogP contribution in [0.3, 0.4) is 0 Å². The summed E-state index contributed by atoms with van der Waals surface area (Å²) in [5.41, 5.74) is 0.459. The van der Waals surface area contributed by atoms with Crippen molar-refractivity contribution in [3.63, 3.8) is 0 Å². The van der Waals surface area contributed by atoms with Gasteiger partial charge in [0.1, 0.15) is 17.1 Å². The predicted molar refractivity (Wildman–Crippen MR) is 65.6 cm³/mol. The van der Waals surface area contributed by atoms with E-state index < -0.39 is 17.9 Å². The molecular weight excluding hydrogens is 289 g/mol. The van der Waals surface area contributed by atoms with Gasteiger partial charge in [0.25, 0.3) is 5.91 Å². The number of carbonyl (C=O) groups excluding carboxylic acids is 1. The molecule has 112 valence electrons. The maximum atomic E-state index is 12.5. The summed E-state index contributed by atoms with van der Waals surface area (Å²) in [5, 5.41) is 6.19. The normalized spacial score (nSPS) is 11.5. The molecule has 2 heterocycles. The summed E-state index contributed by atoms with van der Waals surface area (Å²) in [6, 6.07) is 1.10. The third kappa shape index (κ3) is 3.18.